The Bertz CT molecular complexity index is 934. The number of nitrogens with one attached hydrogen (secondary N) is 1. The molecule has 1 aliphatic rings. The zero-order chi connectivity index (χ0) is 18.8. The van der Waals surface area contributed by atoms with Crippen LogP contribution in [0.25, 0.3) is 10.9 Å². The number of methoxy groups -OCH3 is 3. The molecule has 3 aromatic rings. The topological polar surface area (TPSA) is 46.7 Å². The van der Waals surface area contributed by atoms with Gasteiger partial charge >= 0.3 is 0 Å². The summed E-state index contributed by atoms with van der Waals surface area (Å²) in [5, 5.41) is 1.26. The number of benzene rings is 2. The van der Waals surface area contributed by atoms with E-state index < -0.39 is 0 Å². The van der Waals surface area contributed by atoms with Crippen molar-refractivity contribution < 1.29 is 14.2 Å². The molecular formula is C22H26N2O3. The molecule has 1 aliphatic heterocycles. The van der Waals surface area contributed by atoms with E-state index >= 15 is 0 Å². The molecule has 0 saturated carbocycles. The van der Waals surface area contributed by atoms with Gasteiger partial charge in [0, 0.05) is 35.8 Å². The van der Waals surface area contributed by atoms with E-state index in [1.807, 2.05) is 18.2 Å². The summed E-state index contributed by atoms with van der Waals surface area (Å²) < 4.78 is 16.4. The van der Waals surface area contributed by atoms with Crippen LogP contribution in [0.5, 0.6) is 17.2 Å². The maximum absolute atomic E-state index is 5.59. The fourth-order valence-corrected chi connectivity index (χ4v) is 4.14. The Kier molecular flexibility index (Phi) is 4.94. The van der Waals surface area contributed by atoms with Crippen LogP contribution in [0.3, 0.4) is 0 Å². The molecule has 5 heteroatoms. The van der Waals surface area contributed by atoms with Gasteiger partial charge in [-0.25, -0.2) is 0 Å². The van der Waals surface area contributed by atoms with Gasteiger partial charge in [0.2, 0.25) is 0 Å². The Morgan fingerprint density at radius 1 is 1.07 bits per heavy atom. The highest BCUT2D eigenvalue weighted by Gasteiger charge is 2.27. The number of likely N-dealkylation sites (tertiary alicyclic amines) is 1. The monoisotopic (exact) mass is 366 g/mol. The van der Waals surface area contributed by atoms with Gasteiger partial charge in [-0.05, 0) is 48.7 Å². The Morgan fingerprint density at radius 2 is 1.96 bits per heavy atom. The Hall–Kier alpha value is -2.66. The number of nitrogens with zero attached hydrogens (tertiary/aromatic N) is 1. The molecule has 1 N–H and O–H groups in total. The quantitative estimate of drug-likeness (QED) is 0.711. The van der Waals surface area contributed by atoms with Crippen molar-refractivity contribution in [2.24, 2.45) is 0 Å². The van der Waals surface area contributed by atoms with E-state index in [-0.39, 0.29) is 0 Å². The highest BCUT2D eigenvalue weighted by atomic mass is 16.5. The van der Waals surface area contributed by atoms with Crippen molar-refractivity contribution in [1.82, 2.24) is 9.88 Å². The second-order valence-corrected chi connectivity index (χ2v) is 7.03. The second-order valence-electron chi connectivity index (χ2n) is 7.03. The van der Waals surface area contributed by atoms with E-state index in [0.29, 0.717) is 5.92 Å². The number of hydrogen-bond donors (Lipinski definition) is 1. The van der Waals surface area contributed by atoms with Crippen molar-refractivity contribution in [3.8, 4) is 17.2 Å². The van der Waals surface area contributed by atoms with Crippen LogP contribution in [0, 0.1) is 0 Å². The van der Waals surface area contributed by atoms with E-state index in [1.165, 1.54) is 16.5 Å². The van der Waals surface area contributed by atoms with Crippen LogP contribution in [-0.4, -0.2) is 44.3 Å². The van der Waals surface area contributed by atoms with Gasteiger partial charge in [-0.15, -0.1) is 0 Å². The van der Waals surface area contributed by atoms with Crippen molar-refractivity contribution in [3.05, 3.63) is 53.7 Å². The van der Waals surface area contributed by atoms with E-state index in [1.54, 1.807) is 21.3 Å². The first-order valence-electron chi connectivity index (χ1n) is 9.30. The van der Waals surface area contributed by atoms with E-state index in [2.05, 4.69) is 34.3 Å². The van der Waals surface area contributed by atoms with Crippen LogP contribution >= 0.6 is 0 Å². The molecule has 0 unspecified atom stereocenters. The Labute approximate surface area is 159 Å². The number of fused-ring (bicyclic) bond motifs is 1. The summed E-state index contributed by atoms with van der Waals surface area (Å²) in [6.45, 7) is 2.97. The molecule has 2 heterocycles. The summed E-state index contributed by atoms with van der Waals surface area (Å²) in [6.07, 6.45) is 3.31. The van der Waals surface area contributed by atoms with Crippen LogP contribution in [0.15, 0.2) is 42.6 Å². The minimum atomic E-state index is 0.516. The van der Waals surface area contributed by atoms with Gasteiger partial charge in [0.05, 0.1) is 21.3 Å². The molecule has 27 heavy (non-hydrogen) atoms. The average molecular weight is 366 g/mol. The van der Waals surface area contributed by atoms with Gasteiger partial charge in [0.1, 0.15) is 5.75 Å². The number of aromatic amines is 1. The minimum absolute atomic E-state index is 0.516. The predicted molar refractivity (Wildman–Crippen MR) is 107 cm³/mol. The SMILES string of the molecule is COc1ccc2[nH]cc([C@H]3CCN(Cc4cccc(OC)c4OC)C3)c2c1. The van der Waals surface area contributed by atoms with Gasteiger partial charge < -0.3 is 19.2 Å². The van der Waals surface area contributed by atoms with Crippen molar-refractivity contribution >= 4 is 10.9 Å². The first kappa shape index (κ1) is 17.7. The molecule has 4 rings (SSSR count). The van der Waals surface area contributed by atoms with Gasteiger partial charge in [-0.3, -0.25) is 4.90 Å². The van der Waals surface area contributed by atoms with Crippen molar-refractivity contribution in [3.63, 3.8) is 0 Å². The summed E-state index contributed by atoms with van der Waals surface area (Å²) >= 11 is 0. The molecule has 1 fully saturated rings. The van der Waals surface area contributed by atoms with E-state index in [4.69, 9.17) is 14.2 Å². The summed E-state index contributed by atoms with van der Waals surface area (Å²) in [4.78, 5) is 5.89. The van der Waals surface area contributed by atoms with Gasteiger partial charge in [0.25, 0.3) is 0 Å². The predicted octanol–water partition coefficient (Wildman–Crippen LogP) is 4.18. The number of ether oxygens (including phenoxy) is 3. The number of para-hydroxylation sites is 1. The summed E-state index contributed by atoms with van der Waals surface area (Å²) in [5.41, 5.74) is 3.71. The van der Waals surface area contributed by atoms with Crippen LogP contribution in [0.4, 0.5) is 0 Å². The lowest BCUT2D eigenvalue weighted by Gasteiger charge is -2.19. The first-order valence-corrected chi connectivity index (χ1v) is 9.30. The second kappa shape index (κ2) is 7.53. The standard InChI is InChI=1S/C22H26N2O3/c1-25-17-7-8-20-18(11-17)19(12-23-20)15-9-10-24(13-15)14-16-5-4-6-21(26-2)22(16)27-3/h4-8,11-12,15,23H,9-10,13-14H2,1-3H3/t15-/m0/s1. The highest BCUT2D eigenvalue weighted by molar-refractivity contribution is 5.85. The smallest absolute Gasteiger partial charge is 0.165 e. The summed E-state index contributed by atoms with van der Waals surface area (Å²) in [6, 6.07) is 12.3. The average Bonchev–Trinajstić information content (AvgIpc) is 3.33. The van der Waals surface area contributed by atoms with Crippen LogP contribution in [0.1, 0.15) is 23.5 Å². The lowest BCUT2D eigenvalue weighted by atomic mass is 9.98. The Morgan fingerprint density at radius 3 is 2.74 bits per heavy atom. The molecule has 1 aromatic heterocycles. The molecule has 0 bridgehead atoms. The molecule has 2 aromatic carbocycles. The maximum Gasteiger partial charge on any atom is 0.165 e. The highest BCUT2D eigenvalue weighted by Crippen LogP contribution is 2.36. The summed E-state index contributed by atoms with van der Waals surface area (Å²) in [5.74, 6) is 3.04. The lowest BCUT2D eigenvalue weighted by molar-refractivity contribution is 0.309. The van der Waals surface area contributed by atoms with Gasteiger partial charge in [-0.2, -0.15) is 0 Å². The fraction of sp³-hybridized carbons (Fsp3) is 0.364. The van der Waals surface area contributed by atoms with E-state index in [9.17, 15) is 0 Å². The van der Waals surface area contributed by atoms with E-state index in [0.717, 1.165) is 48.9 Å². The molecule has 0 radical (unpaired) electrons. The summed E-state index contributed by atoms with van der Waals surface area (Å²) in [7, 11) is 5.10. The fourth-order valence-electron chi connectivity index (χ4n) is 4.14. The molecule has 142 valence electrons. The Balaban J connectivity index is 1.53. The molecule has 0 spiro atoms. The molecule has 1 atom stereocenters. The number of hydrogen-bond acceptors (Lipinski definition) is 4. The largest absolute Gasteiger partial charge is 0.497 e. The molecule has 5 nitrogen and oxygen atoms in total. The zero-order valence-electron chi connectivity index (χ0n) is 16.1. The molecule has 0 aliphatic carbocycles. The third-order valence-corrected chi connectivity index (χ3v) is 5.51. The minimum Gasteiger partial charge on any atom is -0.497 e. The van der Waals surface area contributed by atoms with Crippen LogP contribution in [-0.2, 0) is 6.54 Å². The molecular weight excluding hydrogens is 340 g/mol. The lowest BCUT2D eigenvalue weighted by Crippen LogP contribution is -2.20. The number of H-pyrrole nitrogens is 1. The number of aromatic nitrogens is 1. The van der Waals surface area contributed by atoms with Crippen molar-refractivity contribution in [2.75, 3.05) is 34.4 Å². The third kappa shape index (κ3) is 3.35. The van der Waals surface area contributed by atoms with Gasteiger partial charge in [-0.1, -0.05) is 12.1 Å². The molecule has 1 saturated heterocycles. The zero-order valence-corrected chi connectivity index (χ0v) is 16.1. The van der Waals surface area contributed by atoms with Gasteiger partial charge in [0.15, 0.2) is 11.5 Å². The third-order valence-electron chi connectivity index (χ3n) is 5.51. The van der Waals surface area contributed by atoms with Crippen LogP contribution < -0.4 is 14.2 Å². The first-order chi connectivity index (χ1) is 13.2. The molecule has 0 amide bonds. The van der Waals surface area contributed by atoms with Crippen molar-refractivity contribution in [1.29, 1.82) is 0 Å². The normalized spacial score (nSPS) is 17.4. The van der Waals surface area contributed by atoms with Crippen molar-refractivity contribution in [2.45, 2.75) is 18.9 Å². The number of rotatable bonds is 6. The maximum atomic E-state index is 5.59. The van der Waals surface area contributed by atoms with Crippen LogP contribution in [0.2, 0.25) is 0 Å².